The van der Waals surface area contributed by atoms with E-state index in [1.54, 1.807) is 0 Å². The summed E-state index contributed by atoms with van der Waals surface area (Å²) in [6.07, 6.45) is 0.436. The van der Waals surface area contributed by atoms with Crippen LogP contribution >= 0.6 is 0 Å². The highest BCUT2D eigenvalue weighted by Gasteiger charge is 2.12. The third-order valence-electron chi connectivity index (χ3n) is 1.46. The molecule has 17 heavy (non-hydrogen) atoms. The van der Waals surface area contributed by atoms with Crippen LogP contribution in [0.25, 0.3) is 0 Å². The SMILES string of the molecule is NC(CCC(=O)O)C(=O)O.O=CCCC(=O)O. The Labute approximate surface area is 97.0 Å². The summed E-state index contributed by atoms with van der Waals surface area (Å²) in [6.45, 7) is 0. The molecule has 0 aliphatic carbocycles. The molecular weight excluding hydrogens is 234 g/mol. The average molecular weight is 249 g/mol. The summed E-state index contributed by atoms with van der Waals surface area (Å²) in [6, 6.07) is -1.06. The second-order valence-electron chi connectivity index (χ2n) is 2.98. The molecule has 98 valence electrons. The van der Waals surface area contributed by atoms with Crippen LogP contribution in [0.2, 0.25) is 0 Å². The van der Waals surface area contributed by atoms with Crippen molar-refractivity contribution in [3.05, 3.63) is 0 Å². The third-order valence-corrected chi connectivity index (χ3v) is 1.46. The highest BCUT2D eigenvalue weighted by Crippen LogP contribution is 1.93. The number of carboxylic acid groups (broad SMARTS) is 3. The van der Waals surface area contributed by atoms with E-state index in [9.17, 15) is 19.2 Å². The van der Waals surface area contributed by atoms with Crippen LogP contribution in [0.1, 0.15) is 25.7 Å². The molecule has 0 saturated carbocycles. The van der Waals surface area contributed by atoms with Gasteiger partial charge in [0.15, 0.2) is 0 Å². The predicted molar refractivity (Wildman–Crippen MR) is 55.4 cm³/mol. The fourth-order valence-corrected chi connectivity index (χ4v) is 0.585. The molecule has 0 heterocycles. The van der Waals surface area contributed by atoms with Crippen LogP contribution in [0.4, 0.5) is 0 Å². The van der Waals surface area contributed by atoms with Crippen LogP contribution in [0, 0.1) is 0 Å². The molecule has 8 heteroatoms. The lowest BCUT2D eigenvalue weighted by Gasteiger charge is -2.01. The van der Waals surface area contributed by atoms with Crippen molar-refractivity contribution in [1.29, 1.82) is 0 Å². The number of hydrogen-bond acceptors (Lipinski definition) is 5. The van der Waals surface area contributed by atoms with E-state index < -0.39 is 23.9 Å². The topological polar surface area (TPSA) is 155 Å². The number of rotatable bonds is 7. The van der Waals surface area contributed by atoms with E-state index in [-0.39, 0.29) is 25.7 Å². The Bertz CT molecular complexity index is 277. The molecule has 0 spiro atoms. The monoisotopic (exact) mass is 249 g/mol. The van der Waals surface area contributed by atoms with Crippen molar-refractivity contribution in [2.45, 2.75) is 31.7 Å². The molecule has 0 saturated heterocycles. The van der Waals surface area contributed by atoms with E-state index in [1.807, 2.05) is 0 Å². The van der Waals surface area contributed by atoms with Gasteiger partial charge in [-0.1, -0.05) is 0 Å². The smallest absolute Gasteiger partial charge is 0.320 e. The van der Waals surface area contributed by atoms with Gasteiger partial charge in [-0.3, -0.25) is 14.4 Å². The Morgan fingerprint density at radius 1 is 1.06 bits per heavy atom. The fourth-order valence-electron chi connectivity index (χ4n) is 0.585. The molecular formula is C9H15NO7. The van der Waals surface area contributed by atoms with Crippen LogP contribution in [0.15, 0.2) is 0 Å². The Balaban J connectivity index is 0. The van der Waals surface area contributed by atoms with Crippen LogP contribution < -0.4 is 5.73 Å². The van der Waals surface area contributed by atoms with Gasteiger partial charge in [-0.2, -0.15) is 0 Å². The molecule has 0 radical (unpaired) electrons. The van der Waals surface area contributed by atoms with Crippen LogP contribution in [-0.4, -0.2) is 45.6 Å². The molecule has 1 atom stereocenters. The zero-order chi connectivity index (χ0) is 13.8. The lowest BCUT2D eigenvalue weighted by atomic mass is 10.2. The van der Waals surface area contributed by atoms with Gasteiger partial charge in [-0.15, -0.1) is 0 Å². The lowest BCUT2D eigenvalue weighted by Crippen LogP contribution is -2.30. The third kappa shape index (κ3) is 16.7. The highest BCUT2D eigenvalue weighted by molar-refractivity contribution is 5.74. The number of aldehydes is 1. The Hall–Kier alpha value is -1.96. The summed E-state index contributed by atoms with van der Waals surface area (Å²) in [5.41, 5.74) is 5.00. The van der Waals surface area contributed by atoms with E-state index in [0.717, 1.165) is 0 Å². The minimum atomic E-state index is -1.17. The van der Waals surface area contributed by atoms with Crippen molar-refractivity contribution < 1.29 is 34.5 Å². The minimum Gasteiger partial charge on any atom is -0.481 e. The molecule has 0 aromatic heterocycles. The van der Waals surface area contributed by atoms with Gasteiger partial charge in [-0.05, 0) is 6.42 Å². The van der Waals surface area contributed by atoms with Crippen LogP contribution in [0.5, 0.6) is 0 Å². The van der Waals surface area contributed by atoms with Gasteiger partial charge in [-0.25, -0.2) is 0 Å². The summed E-state index contributed by atoms with van der Waals surface area (Å²) >= 11 is 0. The first-order valence-electron chi connectivity index (χ1n) is 4.66. The van der Waals surface area contributed by atoms with Crippen molar-refractivity contribution in [3.63, 3.8) is 0 Å². The van der Waals surface area contributed by atoms with Crippen molar-refractivity contribution >= 4 is 24.2 Å². The van der Waals surface area contributed by atoms with E-state index in [0.29, 0.717) is 6.29 Å². The van der Waals surface area contributed by atoms with Crippen LogP contribution in [0.3, 0.4) is 0 Å². The molecule has 0 rings (SSSR count). The quantitative estimate of drug-likeness (QED) is 0.432. The van der Waals surface area contributed by atoms with Gasteiger partial charge in [0.1, 0.15) is 12.3 Å². The second-order valence-corrected chi connectivity index (χ2v) is 2.98. The maximum Gasteiger partial charge on any atom is 0.320 e. The van der Waals surface area contributed by atoms with E-state index >= 15 is 0 Å². The summed E-state index contributed by atoms with van der Waals surface area (Å²) in [5, 5.41) is 24.2. The molecule has 0 aromatic rings. The lowest BCUT2D eigenvalue weighted by molar-refractivity contribution is -0.140. The Morgan fingerprint density at radius 2 is 1.53 bits per heavy atom. The van der Waals surface area contributed by atoms with E-state index in [1.165, 1.54) is 0 Å². The number of nitrogens with two attached hydrogens (primary N) is 1. The molecule has 8 nitrogen and oxygen atoms in total. The minimum absolute atomic E-state index is 0.0231. The highest BCUT2D eigenvalue weighted by atomic mass is 16.4. The second kappa shape index (κ2) is 10.6. The summed E-state index contributed by atoms with van der Waals surface area (Å²) < 4.78 is 0. The molecule has 0 bridgehead atoms. The molecule has 5 N–H and O–H groups in total. The molecule has 0 aliphatic heterocycles. The molecule has 0 amide bonds. The Morgan fingerprint density at radius 3 is 1.76 bits per heavy atom. The van der Waals surface area contributed by atoms with E-state index in [2.05, 4.69) is 0 Å². The van der Waals surface area contributed by atoms with E-state index in [4.69, 9.17) is 21.1 Å². The molecule has 0 aromatic carbocycles. The zero-order valence-electron chi connectivity index (χ0n) is 9.04. The first kappa shape index (κ1) is 17.4. The van der Waals surface area contributed by atoms with Gasteiger partial charge in [0, 0.05) is 12.8 Å². The zero-order valence-corrected chi connectivity index (χ0v) is 9.04. The normalized spacial score (nSPS) is 10.6. The number of carbonyl (C=O) groups is 4. The first-order valence-corrected chi connectivity index (χ1v) is 4.66. The standard InChI is InChI=1S/C5H9NO4.C4H6O3/c6-3(5(9)10)1-2-4(7)8;5-3-1-2-4(6)7/h3H,1-2,6H2,(H,7,8)(H,9,10);3H,1-2H2,(H,6,7). The van der Waals surface area contributed by atoms with Gasteiger partial charge >= 0.3 is 17.9 Å². The largest absolute Gasteiger partial charge is 0.481 e. The number of carboxylic acids is 3. The first-order chi connectivity index (χ1) is 7.81. The maximum absolute atomic E-state index is 9.99. The summed E-state index contributed by atoms with van der Waals surface area (Å²) in [4.78, 5) is 38.9. The van der Waals surface area contributed by atoms with Crippen molar-refractivity contribution in [2.24, 2.45) is 5.73 Å². The summed E-state index contributed by atoms with van der Waals surface area (Å²) in [7, 11) is 0. The number of carbonyl (C=O) groups excluding carboxylic acids is 1. The van der Waals surface area contributed by atoms with Crippen LogP contribution in [-0.2, 0) is 19.2 Å². The van der Waals surface area contributed by atoms with Gasteiger partial charge in [0.25, 0.3) is 0 Å². The fraction of sp³-hybridized carbons (Fsp3) is 0.556. The average Bonchev–Trinajstić information content (AvgIpc) is 2.23. The van der Waals surface area contributed by atoms with Gasteiger partial charge < -0.3 is 25.8 Å². The molecule has 0 aliphatic rings. The van der Waals surface area contributed by atoms with Crippen molar-refractivity contribution in [1.82, 2.24) is 0 Å². The van der Waals surface area contributed by atoms with Crippen molar-refractivity contribution in [2.75, 3.05) is 0 Å². The van der Waals surface area contributed by atoms with Crippen molar-refractivity contribution in [3.8, 4) is 0 Å². The van der Waals surface area contributed by atoms with Gasteiger partial charge in [0.2, 0.25) is 0 Å². The molecule has 0 fully saturated rings. The Kier molecular flexibility index (Phi) is 10.8. The number of aliphatic carboxylic acids is 3. The summed E-state index contributed by atoms with van der Waals surface area (Å²) in [5.74, 6) is -3.12. The maximum atomic E-state index is 9.99. The number of hydrogen-bond donors (Lipinski definition) is 4. The van der Waals surface area contributed by atoms with Gasteiger partial charge in [0.05, 0.1) is 6.42 Å². The predicted octanol–water partition coefficient (Wildman–Crippen LogP) is -0.687. The molecule has 1 unspecified atom stereocenters.